The van der Waals surface area contributed by atoms with E-state index in [4.69, 9.17) is 13.9 Å². The van der Waals surface area contributed by atoms with Crippen LogP contribution in [0.1, 0.15) is 17.5 Å². The maximum absolute atomic E-state index is 12.3. The van der Waals surface area contributed by atoms with Gasteiger partial charge in [0.15, 0.2) is 6.10 Å². The minimum Gasteiger partial charge on any atom is -0.495 e. The average Bonchev–Trinajstić information content (AvgIpc) is 3.24. The Balaban J connectivity index is 1.64. The molecule has 0 radical (unpaired) electrons. The zero-order chi connectivity index (χ0) is 21.7. The monoisotopic (exact) mass is 410 g/mol. The number of nitrogens with zero attached hydrogens (tertiary/aromatic N) is 1. The zero-order valence-corrected chi connectivity index (χ0v) is 16.2. The Kier molecular flexibility index (Phi) is 6.11. The van der Waals surface area contributed by atoms with Crippen molar-refractivity contribution in [2.75, 3.05) is 12.4 Å². The van der Waals surface area contributed by atoms with E-state index in [2.05, 4.69) is 5.32 Å². The van der Waals surface area contributed by atoms with Crippen molar-refractivity contribution in [3.63, 3.8) is 0 Å². The summed E-state index contributed by atoms with van der Waals surface area (Å²) in [5, 5.41) is 13.4. The Hall–Kier alpha value is -4.14. The number of furan rings is 1. The van der Waals surface area contributed by atoms with E-state index >= 15 is 0 Å². The van der Waals surface area contributed by atoms with Crippen LogP contribution >= 0.6 is 0 Å². The average molecular weight is 410 g/mol. The standard InChI is InChI=1S/C21H18N2O7/c1-13(20(24)22-16-5-3-4-6-18(16)28-2)29-21(25)19-12-11-17(30-19)14-7-9-15(10-8-14)23(26)27/h3-13H,1-2H3,(H,22,24)/t13-/m1/s1. The number of non-ortho nitro benzene ring substituents is 1. The minimum absolute atomic E-state index is 0.0557. The number of nitro benzene ring substituents is 1. The Morgan fingerprint density at radius 3 is 2.43 bits per heavy atom. The number of esters is 1. The fraction of sp³-hybridized carbons (Fsp3) is 0.143. The zero-order valence-electron chi connectivity index (χ0n) is 16.2. The van der Waals surface area contributed by atoms with Crippen LogP contribution in [0.2, 0.25) is 0 Å². The molecule has 0 unspecified atom stereocenters. The Morgan fingerprint density at radius 1 is 1.07 bits per heavy atom. The second-order valence-corrected chi connectivity index (χ2v) is 6.20. The maximum Gasteiger partial charge on any atom is 0.375 e. The third-order valence-electron chi connectivity index (χ3n) is 4.19. The van der Waals surface area contributed by atoms with Crippen LogP contribution in [0.15, 0.2) is 65.1 Å². The summed E-state index contributed by atoms with van der Waals surface area (Å²) in [6.07, 6.45) is -1.09. The predicted octanol–water partition coefficient (Wildman–Crippen LogP) is 4.05. The maximum atomic E-state index is 12.3. The minimum atomic E-state index is -1.09. The third kappa shape index (κ3) is 4.64. The van der Waals surface area contributed by atoms with E-state index in [1.807, 2.05) is 0 Å². The van der Waals surface area contributed by atoms with Gasteiger partial charge < -0.3 is 19.2 Å². The van der Waals surface area contributed by atoms with Gasteiger partial charge in [-0.3, -0.25) is 14.9 Å². The number of nitrogens with one attached hydrogen (secondary N) is 1. The third-order valence-corrected chi connectivity index (χ3v) is 4.19. The highest BCUT2D eigenvalue weighted by molar-refractivity contribution is 5.97. The fourth-order valence-corrected chi connectivity index (χ4v) is 2.60. The van der Waals surface area contributed by atoms with E-state index in [-0.39, 0.29) is 11.4 Å². The molecule has 2 aromatic carbocycles. The molecule has 1 N–H and O–H groups in total. The number of ether oxygens (including phenoxy) is 2. The Labute approximate surface area is 171 Å². The van der Waals surface area contributed by atoms with Gasteiger partial charge in [0.25, 0.3) is 11.6 Å². The number of carbonyl (C=O) groups is 2. The van der Waals surface area contributed by atoms with Crippen molar-refractivity contribution in [1.29, 1.82) is 0 Å². The van der Waals surface area contributed by atoms with Crippen LogP contribution in [-0.4, -0.2) is 30.0 Å². The van der Waals surface area contributed by atoms with Gasteiger partial charge in [-0.1, -0.05) is 12.1 Å². The van der Waals surface area contributed by atoms with Gasteiger partial charge in [0.05, 0.1) is 17.7 Å². The molecule has 0 saturated heterocycles. The van der Waals surface area contributed by atoms with Crippen molar-refractivity contribution < 1.29 is 28.4 Å². The second kappa shape index (κ2) is 8.91. The molecule has 3 rings (SSSR count). The van der Waals surface area contributed by atoms with Crippen LogP contribution in [-0.2, 0) is 9.53 Å². The first-order chi connectivity index (χ1) is 14.4. The first kappa shape index (κ1) is 20.6. The predicted molar refractivity (Wildman–Crippen MR) is 107 cm³/mol. The van der Waals surface area contributed by atoms with Crippen molar-refractivity contribution in [1.82, 2.24) is 0 Å². The molecule has 3 aromatic rings. The normalized spacial score (nSPS) is 11.4. The molecule has 0 bridgehead atoms. The summed E-state index contributed by atoms with van der Waals surface area (Å²) in [5.41, 5.74) is 0.952. The highest BCUT2D eigenvalue weighted by atomic mass is 16.6. The first-order valence-electron chi connectivity index (χ1n) is 8.88. The molecule has 0 aliphatic rings. The molecule has 9 nitrogen and oxygen atoms in total. The van der Waals surface area contributed by atoms with E-state index in [1.54, 1.807) is 24.3 Å². The summed E-state index contributed by atoms with van der Waals surface area (Å²) in [6, 6.07) is 15.5. The SMILES string of the molecule is COc1ccccc1NC(=O)[C@@H](C)OC(=O)c1ccc(-c2ccc([N+](=O)[O-])cc2)o1. The lowest BCUT2D eigenvalue weighted by molar-refractivity contribution is -0.384. The van der Waals surface area contributed by atoms with E-state index in [0.717, 1.165) is 0 Å². The summed E-state index contributed by atoms with van der Waals surface area (Å²) in [4.78, 5) is 34.9. The van der Waals surface area contributed by atoms with Gasteiger partial charge in [-0.25, -0.2) is 4.79 Å². The lowest BCUT2D eigenvalue weighted by atomic mass is 10.1. The summed E-state index contributed by atoms with van der Waals surface area (Å²) >= 11 is 0. The van der Waals surface area contributed by atoms with Crippen LogP contribution in [0.3, 0.4) is 0 Å². The molecule has 0 aliphatic heterocycles. The number of rotatable bonds is 7. The number of anilines is 1. The van der Waals surface area contributed by atoms with E-state index in [0.29, 0.717) is 22.8 Å². The summed E-state index contributed by atoms with van der Waals surface area (Å²) in [7, 11) is 1.48. The van der Waals surface area contributed by atoms with Crippen molar-refractivity contribution in [2.24, 2.45) is 0 Å². The second-order valence-electron chi connectivity index (χ2n) is 6.20. The van der Waals surface area contributed by atoms with E-state index in [9.17, 15) is 19.7 Å². The Morgan fingerprint density at radius 2 is 1.77 bits per heavy atom. The smallest absolute Gasteiger partial charge is 0.375 e. The molecule has 0 spiro atoms. The van der Waals surface area contributed by atoms with Crippen molar-refractivity contribution >= 4 is 23.3 Å². The van der Waals surface area contributed by atoms with Gasteiger partial charge in [-0.05, 0) is 43.3 Å². The molecular formula is C21H18N2O7. The number of hydrogen-bond acceptors (Lipinski definition) is 7. The topological polar surface area (TPSA) is 121 Å². The molecular weight excluding hydrogens is 392 g/mol. The summed E-state index contributed by atoms with van der Waals surface area (Å²) in [5.74, 6) is -0.632. The van der Waals surface area contributed by atoms with Crippen LogP contribution in [0.4, 0.5) is 11.4 Å². The van der Waals surface area contributed by atoms with Gasteiger partial charge >= 0.3 is 5.97 Å². The van der Waals surface area contributed by atoms with Gasteiger partial charge in [0.2, 0.25) is 5.76 Å². The van der Waals surface area contributed by atoms with Gasteiger partial charge in [0.1, 0.15) is 11.5 Å². The first-order valence-corrected chi connectivity index (χ1v) is 8.88. The quantitative estimate of drug-likeness (QED) is 0.354. The molecule has 1 atom stereocenters. The number of para-hydroxylation sites is 2. The van der Waals surface area contributed by atoms with E-state index < -0.39 is 22.9 Å². The van der Waals surface area contributed by atoms with Gasteiger partial charge in [-0.2, -0.15) is 0 Å². The highest BCUT2D eigenvalue weighted by Crippen LogP contribution is 2.26. The lowest BCUT2D eigenvalue weighted by Gasteiger charge is -2.14. The number of benzene rings is 2. The summed E-state index contributed by atoms with van der Waals surface area (Å²) in [6.45, 7) is 1.43. The number of hydrogen-bond donors (Lipinski definition) is 1. The number of amides is 1. The molecule has 1 aromatic heterocycles. The van der Waals surface area contributed by atoms with Crippen molar-refractivity contribution in [2.45, 2.75) is 13.0 Å². The van der Waals surface area contributed by atoms with Crippen LogP contribution in [0.5, 0.6) is 5.75 Å². The number of nitro groups is 1. The lowest BCUT2D eigenvalue weighted by Crippen LogP contribution is -2.30. The van der Waals surface area contributed by atoms with Gasteiger partial charge in [0, 0.05) is 17.7 Å². The van der Waals surface area contributed by atoms with Gasteiger partial charge in [-0.15, -0.1) is 0 Å². The molecule has 1 amide bonds. The van der Waals surface area contributed by atoms with Crippen molar-refractivity contribution in [3.8, 4) is 17.1 Å². The van der Waals surface area contributed by atoms with Crippen LogP contribution in [0, 0.1) is 10.1 Å². The van der Waals surface area contributed by atoms with Crippen LogP contribution < -0.4 is 10.1 Å². The van der Waals surface area contributed by atoms with Crippen molar-refractivity contribution in [3.05, 3.63) is 76.5 Å². The van der Waals surface area contributed by atoms with E-state index in [1.165, 1.54) is 50.4 Å². The Bertz CT molecular complexity index is 1070. The number of methoxy groups -OCH3 is 1. The molecule has 154 valence electrons. The molecule has 0 aliphatic carbocycles. The highest BCUT2D eigenvalue weighted by Gasteiger charge is 2.22. The molecule has 30 heavy (non-hydrogen) atoms. The molecule has 1 heterocycles. The largest absolute Gasteiger partial charge is 0.495 e. The summed E-state index contributed by atoms with van der Waals surface area (Å²) < 4.78 is 15.8. The number of carbonyl (C=O) groups excluding carboxylic acids is 2. The molecule has 9 heteroatoms. The fourth-order valence-electron chi connectivity index (χ4n) is 2.60. The molecule has 0 saturated carbocycles. The van der Waals surface area contributed by atoms with Crippen LogP contribution in [0.25, 0.3) is 11.3 Å². The molecule has 0 fully saturated rings.